The second kappa shape index (κ2) is 6.64. The van der Waals surface area contributed by atoms with Crippen molar-refractivity contribution < 1.29 is 5.11 Å². The Labute approximate surface area is 192 Å². The van der Waals surface area contributed by atoms with Gasteiger partial charge in [0.15, 0.2) is 0 Å². The lowest BCUT2D eigenvalue weighted by molar-refractivity contribution is -0.217. The number of hydrogen-bond donors (Lipinski definition) is 1. The van der Waals surface area contributed by atoms with Gasteiger partial charge in [0, 0.05) is 5.41 Å². The van der Waals surface area contributed by atoms with Crippen LogP contribution in [0.15, 0.2) is 11.6 Å². The first-order valence-corrected chi connectivity index (χ1v) is 13.7. The first kappa shape index (κ1) is 22.5. The number of hydrogen-bond acceptors (Lipinski definition) is 1. The summed E-state index contributed by atoms with van der Waals surface area (Å²) < 4.78 is 0. The van der Waals surface area contributed by atoms with E-state index in [0.29, 0.717) is 27.6 Å². The summed E-state index contributed by atoms with van der Waals surface area (Å²) in [7, 11) is 0. The van der Waals surface area contributed by atoms with Crippen molar-refractivity contribution in [3.05, 3.63) is 11.6 Å². The van der Waals surface area contributed by atoms with Gasteiger partial charge in [0.2, 0.25) is 0 Å². The first-order chi connectivity index (χ1) is 14.3. The maximum atomic E-state index is 10.8. The monoisotopic (exact) mass is 426 g/mol. The van der Waals surface area contributed by atoms with E-state index < -0.39 is 0 Å². The lowest BCUT2D eigenvalue weighted by Gasteiger charge is -2.72. The van der Waals surface area contributed by atoms with Crippen LogP contribution in [0.1, 0.15) is 113 Å². The summed E-state index contributed by atoms with van der Waals surface area (Å²) in [4.78, 5) is 0. The normalized spacial score (nSPS) is 55.7. The van der Waals surface area contributed by atoms with Crippen molar-refractivity contribution in [2.45, 2.75) is 119 Å². The highest BCUT2D eigenvalue weighted by atomic mass is 16.3. The van der Waals surface area contributed by atoms with Crippen LogP contribution in [0.5, 0.6) is 0 Å². The van der Waals surface area contributed by atoms with E-state index in [1.165, 1.54) is 51.4 Å². The van der Waals surface area contributed by atoms with Crippen molar-refractivity contribution in [1.29, 1.82) is 0 Å². The van der Waals surface area contributed by atoms with Gasteiger partial charge in [-0.2, -0.15) is 0 Å². The molecule has 31 heavy (non-hydrogen) atoms. The third-order valence-electron chi connectivity index (χ3n) is 13.1. The molecular weight excluding hydrogens is 376 g/mol. The van der Waals surface area contributed by atoms with Crippen LogP contribution >= 0.6 is 0 Å². The molecule has 1 N–H and O–H groups in total. The molecular formula is C30H50O. The molecule has 0 aliphatic heterocycles. The Balaban J connectivity index is 1.58. The van der Waals surface area contributed by atoms with Crippen LogP contribution in [-0.2, 0) is 0 Å². The Morgan fingerprint density at radius 2 is 1.52 bits per heavy atom. The molecule has 5 rings (SSSR count). The van der Waals surface area contributed by atoms with Crippen molar-refractivity contribution in [3.63, 3.8) is 0 Å². The molecule has 9 atom stereocenters. The second-order valence-electron chi connectivity index (χ2n) is 14.7. The van der Waals surface area contributed by atoms with Gasteiger partial charge in [-0.05, 0) is 109 Å². The molecule has 5 aliphatic rings. The summed E-state index contributed by atoms with van der Waals surface area (Å²) in [5.74, 6) is 4.12. The smallest absolute Gasteiger partial charge is 0.0628 e. The molecule has 0 amide bonds. The zero-order chi connectivity index (χ0) is 22.6. The standard InChI is InChI=1S/C30H50O/c1-19(2)20-13-14-27(5)15-17-29(7)23-11-9-21-22(10-12-24(31)26(21,3)4)28(23,6)16-18-30(29,8)25(20)27/h9,19-20,22-25,31H,10-18H2,1-8H3/t20-,22+,23+,24-,25?,27-,28-,29-,30+/m0/s1. The minimum Gasteiger partial charge on any atom is -0.392 e. The minimum absolute atomic E-state index is 0.0438. The summed E-state index contributed by atoms with van der Waals surface area (Å²) in [6, 6.07) is 0. The molecule has 0 aromatic carbocycles. The van der Waals surface area contributed by atoms with Crippen LogP contribution in [0.3, 0.4) is 0 Å². The van der Waals surface area contributed by atoms with Gasteiger partial charge in [0.25, 0.3) is 0 Å². The quantitative estimate of drug-likeness (QED) is 0.421. The van der Waals surface area contributed by atoms with Gasteiger partial charge < -0.3 is 5.11 Å². The SMILES string of the molecule is CC(C)[C@@H]1CC[C@@]2(C)CC[C@@]3(C)[C@@H]4CC=C5[C@@H](CC[C@H](O)C5(C)C)[C@]4(C)CC[C@]3(C)C12. The van der Waals surface area contributed by atoms with E-state index in [0.717, 1.165) is 30.1 Å². The number of fused-ring (bicyclic) bond motifs is 7. The van der Waals surface area contributed by atoms with Gasteiger partial charge in [-0.15, -0.1) is 0 Å². The lowest BCUT2D eigenvalue weighted by Crippen LogP contribution is -2.65. The summed E-state index contributed by atoms with van der Waals surface area (Å²) in [6.45, 7) is 20.5. The van der Waals surface area contributed by atoms with E-state index in [2.05, 4.69) is 61.5 Å². The summed E-state index contributed by atoms with van der Waals surface area (Å²) >= 11 is 0. The molecule has 1 unspecified atom stereocenters. The second-order valence-corrected chi connectivity index (χ2v) is 14.7. The molecule has 0 bridgehead atoms. The number of aliphatic hydroxyl groups excluding tert-OH is 1. The van der Waals surface area contributed by atoms with Gasteiger partial charge in [0.1, 0.15) is 0 Å². The van der Waals surface area contributed by atoms with E-state index in [4.69, 9.17) is 0 Å². The third-order valence-corrected chi connectivity index (χ3v) is 13.1. The van der Waals surface area contributed by atoms with Crippen molar-refractivity contribution in [3.8, 4) is 0 Å². The molecule has 0 saturated heterocycles. The van der Waals surface area contributed by atoms with Crippen molar-refractivity contribution in [2.24, 2.45) is 56.7 Å². The molecule has 5 aliphatic carbocycles. The third kappa shape index (κ3) is 2.65. The molecule has 0 heterocycles. The Kier molecular flexibility index (Phi) is 4.82. The van der Waals surface area contributed by atoms with Crippen LogP contribution in [0.25, 0.3) is 0 Å². The largest absolute Gasteiger partial charge is 0.392 e. The molecule has 4 fully saturated rings. The van der Waals surface area contributed by atoms with Crippen LogP contribution in [0.2, 0.25) is 0 Å². The van der Waals surface area contributed by atoms with Crippen LogP contribution in [0.4, 0.5) is 0 Å². The fourth-order valence-electron chi connectivity index (χ4n) is 11.0. The number of allylic oxidation sites excluding steroid dienone is 1. The number of rotatable bonds is 1. The van der Waals surface area contributed by atoms with E-state index >= 15 is 0 Å². The van der Waals surface area contributed by atoms with Crippen LogP contribution in [0, 0.1) is 56.7 Å². The van der Waals surface area contributed by atoms with Crippen molar-refractivity contribution in [2.75, 3.05) is 0 Å². The summed E-state index contributed by atoms with van der Waals surface area (Å²) in [5, 5.41) is 10.8. The predicted octanol–water partition coefficient (Wildman–Crippen LogP) is 8.02. The zero-order valence-electron chi connectivity index (χ0n) is 21.9. The molecule has 0 aromatic rings. The fraction of sp³-hybridized carbons (Fsp3) is 0.933. The summed E-state index contributed by atoms with van der Waals surface area (Å²) in [6.07, 6.45) is 14.5. The van der Waals surface area contributed by atoms with Gasteiger partial charge in [-0.3, -0.25) is 0 Å². The number of aliphatic hydroxyl groups is 1. The van der Waals surface area contributed by atoms with E-state index in [1.807, 2.05) is 0 Å². The van der Waals surface area contributed by atoms with Crippen molar-refractivity contribution in [1.82, 2.24) is 0 Å². The maximum absolute atomic E-state index is 10.8. The van der Waals surface area contributed by atoms with Crippen LogP contribution < -0.4 is 0 Å². The molecule has 1 heteroatoms. The van der Waals surface area contributed by atoms with E-state index in [1.54, 1.807) is 5.57 Å². The highest BCUT2D eigenvalue weighted by Crippen LogP contribution is 2.77. The van der Waals surface area contributed by atoms with Crippen molar-refractivity contribution >= 4 is 0 Å². The van der Waals surface area contributed by atoms with Gasteiger partial charge in [-0.25, -0.2) is 0 Å². The van der Waals surface area contributed by atoms with Crippen LogP contribution in [-0.4, -0.2) is 11.2 Å². The van der Waals surface area contributed by atoms with Gasteiger partial charge >= 0.3 is 0 Å². The zero-order valence-corrected chi connectivity index (χ0v) is 21.9. The maximum Gasteiger partial charge on any atom is 0.0628 e. The minimum atomic E-state index is -0.166. The molecule has 1 nitrogen and oxygen atoms in total. The molecule has 176 valence electrons. The Morgan fingerprint density at radius 1 is 0.839 bits per heavy atom. The predicted molar refractivity (Wildman–Crippen MR) is 131 cm³/mol. The Morgan fingerprint density at radius 3 is 2.19 bits per heavy atom. The highest BCUT2D eigenvalue weighted by Gasteiger charge is 2.70. The average molecular weight is 427 g/mol. The van der Waals surface area contributed by atoms with Gasteiger partial charge in [-0.1, -0.05) is 67.0 Å². The Hall–Kier alpha value is -0.300. The molecule has 0 spiro atoms. The summed E-state index contributed by atoms with van der Waals surface area (Å²) in [5.41, 5.74) is 3.48. The van der Waals surface area contributed by atoms with E-state index in [9.17, 15) is 5.11 Å². The van der Waals surface area contributed by atoms with E-state index in [-0.39, 0.29) is 11.5 Å². The van der Waals surface area contributed by atoms with Gasteiger partial charge in [0.05, 0.1) is 6.10 Å². The lowest BCUT2D eigenvalue weighted by atomic mass is 9.33. The first-order valence-electron chi connectivity index (χ1n) is 13.7. The molecule has 0 radical (unpaired) electrons. The topological polar surface area (TPSA) is 20.2 Å². The average Bonchev–Trinajstić information content (AvgIpc) is 3.06. The molecule has 0 aromatic heterocycles. The fourth-order valence-corrected chi connectivity index (χ4v) is 11.0. The highest BCUT2D eigenvalue weighted by molar-refractivity contribution is 5.30. The molecule has 4 saturated carbocycles. The Bertz CT molecular complexity index is 777.